The Bertz CT molecular complexity index is 295. The van der Waals surface area contributed by atoms with Crippen molar-refractivity contribution in [1.29, 1.82) is 0 Å². The number of aryl methyl sites for hydroxylation is 1. The van der Waals surface area contributed by atoms with Crippen LogP contribution in [0.3, 0.4) is 0 Å². The van der Waals surface area contributed by atoms with Crippen molar-refractivity contribution >= 4 is 5.97 Å². The Balaban J connectivity index is 2.44. The van der Waals surface area contributed by atoms with Crippen molar-refractivity contribution < 1.29 is 14.4 Å². The molecule has 0 bridgehead atoms. The van der Waals surface area contributed by atoms with E-state index in [1.165, 1.54) is 0 Å². The molecule has 0 saturated heterocycles. The standard InChI is InChI=1S/C8H12N2O3/c1-6-3-7(13-9-6)4-10(2)5-8(11)12/h3H,4-5H2,1-2H3,(H,11,12). The summed E-state index contributed by atoms with van der Waals surface area (Å²) in [4.78, 5) is 12.0. The highest BCUT2D eigenvalue weighted by molar-refractivity contribution is 5.68. The van der Waals surface area contributed by atoms with Crippen LogP contribution in [0.5, 0.6) is 0 Å². The number of carboxylic acid groups (broad SMARTS) is 1. The number of carbonyl (C=O) groups is 1. The average molecular weight is 184 g/mol. The third-order valence-corrected chi connectivity index (χ3v) is 1.51. The van der Waals surface area contributed by atoms with Gasteiger partial charge in [0.1, 0.15) is 0 Å². The highest BCUT2D eigenvalue weighted by Gasteiger charge is 2.07. The number of carboxylic acids is 1. The number of aromatic nitrogens is 1. The molecule has 1 N–H and O–H groups in total. The van der Waals surface area contributed by atoms with Crippen LogP contribution in [0.15, 0.2) is 10.6 Å². The lowest BCUT2D eigenvalue weighted by atomic mass is 10.3. The molecule has 0 aliphatic carbocycles. The molecular weight excluding hydrogens is 172 g/mol. The van der Waals surface area contributed by atoms with E-state index in [0.29, 0.717) is 12.3 Å². The molecule has 0 aromatic carbocycles. The van der Waals surface area contributed by atoms with Crippen LogP contribution in [-0.4, -0.2) is 34.7 Å². The summed E-state index contributed by atoms with van der Waals surface area (Å²) in [7, 11) is 1.71. The zero-order chi connectivity index (χ0) is 9.84. The van der Waals surface area contributed by atoms with E-state index < -0.39 is 5.97 Å². The van der Waals surface area contributed by atoms with Crippen molar-refractivity contribution in [1.82, 2.24) is 10.1 Å². The Morgan fingerprint density at radius 3 is 2.92 bits per heavy atom. The minimum absolute atomic E-state index is 0.000250. The monoisotopic (exact) mass is 184 g/mol. The molecule has 1 rings (SSSR count). The first-order valence-electron chi connectivity index (χ1n) is 3.90. The number of hydrogen-bond donors (Lipinski definition) is 1. The van der Waals surface area contributed by atoms with E-state index in [2.05, 4.69) is 5.16 Å². The first kappa shape index (κ1) is 9.73. The smallest absolute Gasteiger partial charge is 0.317 e. The molecule has 0 radical (unpaired) electrons. The molecule has 0 amide bonds. The van der Waals surface area contributed by atoms with E-state index in [4.69, 9.17) is 9.63 Å². The molecule has 5 heteroatoms. The number of nitrogens with zero attached hydrogens (tertiary/aromatic N) is 2. The maximum absolute atomic E-state index is 10.3. The van der Waals surface area contributed by atoms with Crippen LogP contribution in [0.25, 0.3) is 0 Å². The van der Waals surface area contributed by atoms with E-state index in [0.717, 1.165) is 5.69 Å². The zero-order valence-electron chi connectivity index (χ0n) is 7.65. The third kappa shape index (κ3) is 3.25. The van der Waals surface area contributed by atoms with Gasteiger partial charge in [0, 0.05) is 6.07 Å². The van der Waals surface area contributed by atoms with Crippen molar-refractivity contribution in [3.63, 3.8) is 0 Å². The number of hydrogen-bond acceptors (Lipinski definition) is 4. The first-order chi connectivity index (χ1) is 6.08. The van der Waals surface area contributed by atoms with E-state index in [1.54, 1.807) is 18.0 Å². The summed E-state index contributed by atoms with van der Waals surface area (Å²) < 4.78 is 4.93. The predicted octanol–water partition coefficient (Wildman–Crippen LogP) is 0.499. The molecule has 0 aliphatic rings. The van der Waals surface area contributed by atoms with E-state index >= 15 is 0 Å². The molecule has 0 spiro atoms. The summed E-state index contributed by atoms with van der Waals surface area (Å²) in [5.74, 6) is -0.167. The van der Waals surface area contributed by atoms with Gasteiger partial charge in [-0.1, -0.05) is 5.16 Å². The molecule has 1 aromatic rings. The van der Waals surface area contributed by atoms with Crippen LogP contribution in [0.2, 0.25) is 0 Å². The molecule has 0 saturated carbocycles. The van der Waals surface area contributed by atoms with Crippen LogP contribution < -0.4 is 0 Å². The van der Waals surface area contributed by atoms with Crippen molar-refractivity contribution in [3.8, 4) is 0 Å². The van der Waals surface area contributed by atoms with Crippen molar-refractivity contribution in [2.45, 2.75) is 13.5 Å². The lowest BCUT2D eigenvalue weighted by molar-refractivity contribution is -0.138. The highest BCUT2D eigenvalue weighted by atomic mass is 16.5. The van der Waals surface area contributed by atoms with Gasteiger partial charge in [0.15, 0.2) is 5.76 Å². The molecule has 72 valence electrons. The number of rotatable bonds is 4. The molecule has 13 heavy (non-hydrogen) atoms. The lowest BCUT2D eigenvalue weighted by Gasteiger charge is -2.10. The predicted molar refractivity (Wildman–Crippen MR) is 45.2 cm³/mol. The van der Waals surface area contributed by atoms with Crippen LogP contribution in [0, 0.1) is 6.92 Å². The Morgan fingerprint density at radius 1 is 1.77 bits per heavy atom. The Morgan fingerprint density at radius 2 is 2.46 bits per heavy atom. The van der Waals surface area contributed by atoms with Gasteiger partial charge in [0.05, 0.1) is 18.8 Å². The van der Waals surface area contributed by atoms with Gasteiger partial charge in [-0.25, -0.2) is 0 Å². The van der Waals surface area contributed by atoms with Crippen molar-refractivity contribution in [2.24, 2.45) is 0 Å². The topological polar surface area (TPSA) is 66.6 Å². The number of aliphatic carboxylic acids is 1. The second kappa shape index (κ2) is 4.04. The van der Waals surface area contributed by atoms with Gasteiger partial charge >= 0.3 is 5.97 Å². The minimum atomic E-state index is -0.848. The first-order valence-corrected chi connectivity index (χ1v) is 3.90. The zero-order valence-corrected chi connectivity index (χ0v) is 7.65. The van der Waals surface area contributed by atoms with Crippen molar-refractivity contribution in [2.75, 3.05) is 13.6 Å². The summed E-state index contributed by atoms with van der Waals surface area (Å²) in [5.41, 5.74) is 0.804. The quantitative estimate of drug-likeness (QED) is 0.738. The molecule has 0 unspecified atom stereocenters. The molecule has 1 aromatic heterocycles. The summed E-state index contributed by atoms with van der Waals surface area (Å²) in [5, 5.41) is 12.2. The second-order valence-corrected chi connectivity index (χ2v) is 3.00. The van der Waals surface area contributed by atoms with Gasteiger partial charge in [0.2, 0.25) is 0 Å². The van der Waals surface area contributed by atoms with E-state index in [-0.39, 0.29) is 6.54 Å². The molecule has 1 heterocycles. The lowest BCUT2D eigenvalue weighted by Crippen LogP contribution is -2.24. The average Bonchev–Trinajstić information content (AvgIpc) is 2.33. The Labute approximate surface area is 75.9 Å². The van der Waals surface area contributed by atoms with Crippen LogP contribution in [0.1, 0.15) is 11.5 Å². The van der Waals surface area contributed by atoms with Crippen LogP contribution >= 0.6 is 0 Å². The van der Waals surface area contributed by atoms with E-state index in [9.17, 15) is 4.79 Å². The molecule has 0 fully saturated rings. The largest absolute Gasteiger partial charge is 0.480 e. The fraction of sp³-hybridized carbons (Fsp3) is 0.500. The number of likely N-dealkylation sites (N-methyl/N-ethyl adjacent to an activating group) is 1. The normalized spacial score (nSPS) is 10.7. The highest BCUT2D eigenvalue weighted by Crippen LogP contribution is 2.04. The summed E-state index contributed by atoms with van der Waals surface area (Å²) >= 11 is 0. The van der Waals surface area contributed by atoms with Crippen LogP contribution in [0.4, 0.5) is 0 Å². The maximum atomic E-state index is 10.3. The molecule has 0 atom stereocenters. The van der Waals surface area contributed by atoms with Gasteiger partial charge in [-0.3, -0.25) is 9.69 Å². The second-order valence-electron chi connectivity index (χ2n) is 3.00. The van der Waals surface area contributed by atoms with Gasteiger partial charge < -0.3 is 9.63 Å². The fourth-order valence-corrected chi connectivity index (χ4v) is 1.04. The van der Waals surface area contributed by atoms with E-state index in [1.807, 2.05) is 6.92 Å². The molecular formula is C8H12N2O3. The molecule has 0 aliphatic heterocycles. The SMILES string of the molecule is Cc1cc(CN(C)CC(=O)O)on1. The summed E-state index contributed by atoms with van der Waals surface area (Å²) in [6, 6.07) is 1.79. The molecule has 5 nitrogen and oxygen atoms in total. The van der Waals surface area contributed by atoms with Crippen LogP contribution in [-0.2, 0) is 11.3 Å². The van der Waals surface area contributed by atoms with Gasteiger partial charge in [-0.05, 0) is 14.0 Å². The minimum Gasteiger partial charge on any atom is -0.480 e. The third-order valence-electron chi connectivity index (χ3n) is 1.51. The summed E-state index contributed by atoms with van der Waals surface area (Å²) in [6.45, 7) is 2.29. The van der Waals surface area contributed by atoms with Gasteiger partial charge in [-0.15, -0.1) is 0 Å². The fourth-order valence-electron chi connectivity index (χ4n) is 1.04. The Hall–Kier alpha value is -1.36. The summed E-state index contributed by atoms with van der Waals surface area (Å²) in [6.07, 6.45) is 0. The maximum Gasteiger partial charge on any atom is 0.317 e. The Kier molecular flexibility index (Phi) is 3.02. The van der Waals surface area contributed by atoms with Gasteiger partial charge in [0.25, 0.3) is 0 Å². The van der Waals surface area contributed by atoms with Gasteiger partial charge in [-0.2, -0.15) is 0 Å². The van der Waals surface area contributed by atoms with Crippen molar-refractivity contribution in [3.05, 3.63) is 17.5 Å².